The second kappa shape index (κ2) is 8.34. The number of rotatable bonds is 7. The minimum atomic E-state index is -0.701. The van der Waals surface area contributed by atoms with Crippen LogP contribution >= 0.6 is 23.2 Å². The third kappa shape index (κ3) is 5.46. The fourth-order valence-corrected chi connectivity index (χ4v) is 2.17. The van der Waals surface area contributed by atoms with E-state index in [9.17, 15) is 9.50 Å². The molecule has 0 bridgehead atoms. The van der Waals surface area contributed by atoms with Gasteiger partial charge in [0.1, 0.15) is 24.3 Å². The van der Waals surface area contributed by atoms with E-state index in [1.807, 2.05) is 24.3 Å². The van der Waals surface area contributed by atoms with Gasteiger partial charge in [0.25, 0.3) is 0 Å². The number of nitrogens with one attached hydrogen (secondary N) is 1. The molecule has 22 heavy (non-hydrogen) atoms. The number of hydrogen-bond acceptors (Lipinski definition) is 3. The zero-order chi connectivity index (χ0) is 15.9. The van der Waals surface area contributed by atoms with Gasteiger partial charge in [0.2, 0.25) is 0 Å². The highest BCUT2D eigenvalue weighted by Gasteiger charge is 2.08. The van der Waals surface area contributed by atoms with Gasteiger partial charge in [-0.2, -0.15) is 0 Å². The average Bonchev–Trinajstić information content (AvgIpc) is 2.48. The Morgan fingerprint density at radius 2 is 1.86 bits per heavy atom. The van der Waals surface area contributed by atoms with E-state index in [4.69, 9.17) is 27.9 Å². The first-order valence-corrected chi connectivity index (χ1v) is 7.51. The van der Waals surface area contributed by atoms with Gasteiger partial charge in [-0.05, 0) is 35.9 Å². The summed E-state index contributed by atoms with van der Waals surface area (Å²) in [4.78, 5) is 0. The lowest BCUT2D eigenvalue weighted by molar-refractivity contribution is 0.106. The lowest BCUT2D eigenvalue weighted by Gasteiger charge is -2.14. The molecule has 0 saturated carbocycles. The second-order valence-corrected chi connectivity index (χ2v) is 5.64. The van der Waals surface area contributed by atoms with Gasteiger partial charge in [0.05, 0.1) is 5.02 Å². The van der Waals surface area contributed by atoms with Crippen molar-refractivity contribution in [2.24, 2.45) is 0 Å². The van der Waals surface area contributed by atoms with Gasteiger partial charge in [-0.1, -0.05) is 35.3 Å². The minimum Gasteiger partial charge on any atom is -0.489 e. The minimum absolute atomic E-state index is 0.0684. The van der Waals surface area contributed by atoms with Gasteiger partial charge in [-0.15, -0.1) is 0 Å². The molecule has 0 amide bonds. The fourth-order valence-electron chi connectivity index (χ4n) is 1.82. The molecule has 0 unspecified atom stereocenters. The normalized spacial score (nSPS) is 12.2. The fraction of sp³-hybridized carbons (Fsp3) is 0.250. The maximum absolute atomic E-state index is 12.9. The van der Waals surface area contributed by atoms with E-state index in [1.165, 1.54) is 18.2 Å². The molecule has 0 aliphatic carbocycles. The highest BCUT2D eigenvalue weighted by Crippen LogP contribution is 2.24. The molecule has 0 radical (unpaired) electrons. The van der Waals surface area contributed by atoms with Crippen LogP contribution in [-0.2, 0) is 6.54 Å². The summed E-state index contributed by atoms with van der Waals surface area (Å²) >= 11 is 11.6. The van der Waals surface area contributed by atoms with E-state index >= 15 is 0 Å². The van der Waals surface area contributed by atoms with E-state index < -0.39 is 11.9 Å². The van der Waals surface area contributed by atoms with Crippen LogP contribution in [-0.4, -0.2) is 24.4 Å². The molecular weight excluding hydrogens is 328 g/mol. The Kier molecular flexibility index (Phi) is 6.46. The summed E-state index contributed by atoms with van der Waals surface area (Å²) in [5, 5.41) is 13.8. The Morgan fingerprint density at radius 3 is 2.55 bits per heavy atom. The zero-order valence-electron chi connectivity index (χ0n) is 11.7. The summed E-state index contributed by atoms with van der Waals surface area (Å²) < 4.78 is 18.3. The molecule has 2 N–H and O–H groups in total. The highest BCUT2D eigenvalue weighted by atomic mass is 35.5. The number of aliphatic hydroxyl groups is 1. The molecule has 0 saturated heterocycles. The average molecular weight is 344 g/mol. The molecule has 0 spiro atoms. The van der Waals surface area contributed by atoms with Crippen LogP contribution in [0.5, 0.6) is 5.75 Å². The molecule has 0 aliphatic heterocycles. The van der Waals surface area contributed by atoms with Crippen molar-refractivity contribution in [3.63, 3.8) is 0 Å². The SMILES string of the molecule is O[C@@H](CNCc1ccc(Cl)cc1)COc1ccc(F)cc1Cl. The number of hydrogen-bond donors (Lipinski definition) is 2. The predicted molar refractivity (Wildman–Crippen MR) is 86.1 cm³/mol. The molecule has 0 heterocycles. The number of aliphatic hydroxyl groups excluding tert-OH is 1. The van der Waals surface area contributed by atoms with Crippen LogP contribution in [0.2, 0.25) is 10.0 Å². The van der Waals surface area contributed by atoms with Crippen LogP contribution in [0.3, 0.4) is 0 Å². The third-order valence-electron chi connectivity index (χ3n) is 2.95. The molecular formula is C16H16Cl2FNO2. The summed E-state index contributed by atoms with van der Waals surface area (Å²) in [7, 11) is 0. The third-order valence-corrected chi connectivity index (χ3v) is 3.49. The van der Waals surface area contributed by atoms with Crippen molar-refractivity contribution < 1.29 is 14.2 Å². The Hall–Kier alpha value is -1.33. The van der Waals surface area contributed by atoms with Gasteiger partial charge in [0, 0.05) is 18.1 Å². The van der Waals surface area contributed by atoms with Crippen LogP contribution in [0.1, 0.15) is 5.56 Å². The van der Waals surface area contributed by atoms with Crippen LogP contribution in [0, 0.1) is 5.82 Å². The maximum Gasteiger partial charge on any atom is 0.138 e. The Labute approximate surface area is 138 Å². The molecule has 0 fully saturated rings. The Bertz CT molecular complexity index is 608. The van der Waals surface area contributed by atoms with Gasteiger partial charge in [-0.3, -0.25) is 0 Å². The molecule has 2 aromatic carbocycles. The summed E-state index contributed by atoms with van der Waals surface area (Å²) in [5.41, 5.74) is 1.07. The van der Waals surface area contributed by atoms with Crippen LogP contribution in [0.4, 0.5) is 4.39 Å². The van der Waals surface area contributed by atoms with E-state index in [0.717, 1.165) is 5.56 Å². The van der Waals surface area contributed by atoms with Crippen LogP contribution < -0.4 is 10.1 Å². The van der Waals surface area contributed by atoms with Crippen molar-refractivity contribution in [3.8, 4) is 5.75 Å². The summed E-state index contributed by atoms with van der Waals surface area (Å²) in [6.45, 7) is 1.05. The molecule has 3 nitrogen and oxygen atoms in total. The lowest BCUT2D eigenvalue weighted by Crippen LogP contribution is -2.31. The molecule has 0 aliphatic rings. The first-order chi connectivity index (χ1) is 10.5. The van der Waals surface area contributed by atoms with Crippen molar-refractivity contribution in [3.05, 3.63) is 63.9 Å². The Morgan fingerprint density at radius 1 is 1.14 bits per heavy atom. The quantitative estimate of drug-likeness (QED) is 0.805. The van der Waals surface area contributed by atoms with Gasteiger partial charge in [0.15, 0.2) is 0 Å². The number of ether oxygens (including phenoxy) is 1. The number of halogens is 3. The highest BCUT2D eigenvalue weighted by molar-refractivity contribution is 6.32. The largest absolute Gasteiger partial charge is 0.489 e. The number of benzene rings is 2. The first kappa shape index (κ1) is 17.0. The molecule has 2 aromatic rings. The van der Waals surface area contributed by atoms with E-state index in [0.29, 0.717) is 23.9 Å². The van der Waals surface area contributed by atoms with Crippen molar-refractivity contribution in [2.45, 2.75) is 12.6 Å². The summed E-state index contributed by atoms with van der Waals surface area (Å²) in [6.07, 6.45) is -0.701. The maximum atomic E-state index is 12.9. The molecule has 2 rings (SSSR count). The topological polar surface area (TPSA) is 41.5 Å². The monoisotopic (exact) mass is 343 g/mol. The standard InChI is InChI=1S/C16H16Cl2FNO2/c17-12-3-1-11(2-4-12)8-20-9-14(21)10-22-16-6-5-13(19)7-15(16)18/h1-7,14,20-21H,8-10H2/t14-/m0/s1. The molecule has 6 heteroatoms. The molecule has 1 atom stereocenters. The van der Waals surface area contributed by atoms with Gasteiger partial charge in [-0.25, -0.2) is 4.39 Å². The molecule has 118 valence electrons. The van der Waals surface area contributed by atoms with Crippen molar-refractivity contribution in [2.75, 3.05) is 13.2 Å². The smallest absolute Gasteiger partial charge is 0.138 e. The van der Waals surface area contributed by atoms with E-state index in [-0.39, 0.29) is 11.6 Å². The lowest BCUT2D eigenvalue weighted by atomic mass is 10.2. The van der Waals surface area contributed by atoms with Crippen molar-refractivity contribution in [1.29, 1.82) is 0 Å². The van der Waals surface area contributed by atoms with E-state index in [2.05, 4.69) is 5.32 Å². The van der Waals surface area contributed by atoms with Crippen molar-refractivity contribution in [1.82, 2.24) is 5.32 Å². The van der Waals surface area contributed by atoms with Crippen LogP contribution in [0.25, 0.3) is 0 Å². The first-order valence-electron chi connectivity index (χ1n) is 6.75. The van der Waals surface area contributed by atoms with Gasteiger partial charge < -0.3 is 15.2 Å². The predicted octanol–water partition coefficient (Wildman–Crippen LogP) is 3.66. The van der Waals surface area contributed by atoms with E-state index in [1.54, 1.807) is 0 Å². The second-order valence-electron chi connectivity index (χ2n) is 4.80. The summed E-state index contributed by atoms with van der Waals surface area (Å²) in [6, 6.07) is 11.3. The zero-order valence-corrected chi connectivity index (χ0v) is 13.2. The summed E-state index contributed by atoms with van der Waals surface area (Å²) in [5.74, 6) is -0.0812. The Balaban J connectivity index is 1.71. The van der Waals surface area contributed by atoms with Crippen LogP contribution in [0.15, 0.2) is 42.5 Å². The molecule has 0 aromatic heterocycles. The van der Waals surface area contributed by atoms with Gasteiger partial charge >= 0.3 is 0 Å². The van der Waals surface area contributed by atoms with Crippen molar-refractivity contribution >= 4 is 23.2 Å².